The van der Waals surface area contributed by atoms with Gasteiger partial charge in [0.25, 0.3) is 0 Å². The third kappa shape index (κ3) is 1.60. The Kier molecular flexibility index (Phi) is 2.49. The van der Waals surface area contributed by atoms with Crippen molar-refractivity contribution < 1.29 is 0 Å². The van der Waals surface area contributed by atoms with Gasteiger partial charge in [0.05, 0.1) is 0 Å². The van der Waals surface area contributed by atoms with Crippen LogP contribution in [0.25, 0.3) is 0 Å². The fourth-order valence-corrected chi connectivity index (χ4v) is 1.11. The molecule has 0 spiro atoms. The summed E-state index contributed by atoms with van der Waals surface area (Å²) in [7, 11) is 0. The summed E-state index contributed by atoms with van der Waals surface area (Å²) < 4.78 is 0. The summed E-state index contributed by atoms with van der Waals surface area (Å²) in [5.41, 5.74) is 1.27. The largest absolute Gasteiger partial charge is 0.0991 e. The van der Waals surface area contributed by atoms with Crippen molar-refractivity contribution in [2.24, 2.45) is 5.92 Å². The number of allylic oxidation sites excluding steroid dienone is 4. The van der Waals surface area contributed by atoms with Crippen LogP contribution in [0.4, 0.5) is 0 Å². The monoisotopic (exact) mass is 134 g/mol. The van der Waals surface area contributed by atoms with E-state index in [4.69, 9.17) is 0 Å². The molecule has 0 radical (unpaired) electrons. The molecule has 0 unspecified atom stereocenters. The quantitative estimate of drug-likeness (QED) is 0.520. The molecule has 1 aliphatic rings. The molecule has 0 atom stereocenters. The molecule has 0 nitrogen and oxygen atoms in total. The van der Waals surface area contributed by atoms with E-state index in [0.717, 1.165) is 5.92 Å². The van der Waals surface area contributed by atoms with Gasteiger partial charge >= 0.3 is 0 Å². The zero-order valence-corrected chi connectivity index (χ0v) is 6.34. The summed E-state index contributed by atoms with van der Waals surface area (Å²) in [6.07, 6.45) is 9.87. The highest BCUT2D eigenvalue weighted by Gasteiger charge is 2.18. The molecular formula is C10H14. The van der Waals surface area contributed by atoms with E-state index in [1.54, 1.807) is 6.08 Å². The van der Waals surface area contributed by atoms with Crippen molar-refractivity contribution in [2.75, 3.05) is 0 Å². The normalized spacial score (nSPS) is 18.8. The van der Waals surface area contributed by atoms with Gasteiger partial charge in [-0.2, -0.15) is 0 Å². The number of rotatable bonds is 3. The maximum Gasteiger partial charge on any atom is -0.0168 e. The summed E-state index contributed by atoms with van der Waals surface area (Å²) >= 11 is 0. The van der Waals surface area contributed by atoms with Crippen LogP contribution >= 0.6 is 0 Å². The smallest absolute Gasteiger partial charge is 0.0168 e. The zero-order chi connectivity index (χ0) is 7.40. The molecule has 0 heteroatoms. The van der Waals surface area contributed by atoms with Crippen LogP contribution in [0.2, 0.25) is 0 Å². The maximum atomic E-state index is 3.98. The maximum absolute atomic E-state index is 3.98. The van der Waals surface area contributed by atoms with E-state index in [1.165, 1.54) is 24.8 Å². The molecule has 0 aromatic rings. The van der Waals surface area contributed by atoms with Gasteiger partial charge in [-0.3, -0.25) is 0 Å². The minimum absolute atomic E-state index is 0.774. The van der Waals surface area contributed by atoms with Crippen LogP contribution in [-0.4, -0.2) is 0 Å². The molecule has 10 heavy (non-hydrogen) atoms. The summed E-state index contributed by atoms with van der Waals surface area (Å²) in [4.78, 5) is 0. The molecule has 0 aromatic heterocycles. The standard InChI is InChI=1S/C10H14/c1-3-4-6-9(2)10-7-5-8-10/h3-4,6,10H,1-2,5,7-8H2/b6-4-. The molecule has 1 aliphatic carbocycles. The lowest BCUT2D eigenvalue weighted by molar-refractivity contribution is 0.375. The van der Waals surface area contributed by atoms with E-state index in [0.29, 0.717) is 0 Å². The Balaban J connectivity index is 2.33. The lowest BCUT2D eigenvalue weighted by Gasteiger charge is -2.25. The second-order valence-corrected chi connectivity index (χ2v) is 2.80. The van der Waals surface area contributed by atoms with Crippen molar-refractivity contribution in [1.29, 1.82) is 0 Å². The fraction of sp³-hybridized carbons (Fsp3) is 0.400. The van der Waals surface area contributed by atoms with Gasteiger partial charge in [0.15, 0.2) is 0 Å². The van der Waals surface area contributed by atoms with Gasteiger partial charge in [-0.25, -0.2) is 0 Å². The third-order valence-corrected chi connectivity index (χ3v) is 2.08. The highest BCUT2D eigenvalue weighted by Crippen LogP contribution is 2.32. The van der Waals surface area contributed by atoms with Gasteiger partial charge in [-0.05, 0) is 18.8 Å². The zero-order valence-electron chi connectivity index (χ0n) is 6.34. The van der Waals surface area contributed by atoms with E-state index in [1.807, 2.05) is 6.08 Å². The van der Waals surface area contributed by atoms with Gasteiger partial charge in [0.2, 0.25) is 0 Å². The van der Waals surface area contributed by atoms with E-state index in [2.05, 4.69) is 19.2 Å². The first-order chi connectivity index (χ1) is 4.84. The molecule has 1 fully saturated rings. The predicted molar refractivity (Wildman–Crippen MR) is 45.8 cm³/mol. The van der Waals surface area contributed by atoms with E-state index < -0.39 is 0 Å². The van der Waals surface area contributed by atoms with E-state index in [-0.39, 0.29) is 0 Å². The Labute approximate surface area is 62.9 Å². The first-order valence-corrected chi connectivity index (χ1v) is 3.82. The van der Waals surface area contributed by atoms with Gasteiger partial charge in [0, 0.05) is 0 Å². The van der Waals surface area contributed by atoms with Crippen molar-refractivity contribution in [2.45, 2.75) is 19.3 Å². The lowest BCUT2D eigenvalue weighted by atomic mass is 9.80. The Morgan fingerprint density at radius 2 is 2.10 bits per heavy atom. The van der Waals surface area contributed by atoms with Gasteiger partial charge in [-0.1, -0.05) is 43.4 Å². The third-order valence-electron chi connectivity index (χ3n) is 2.08. The first kappa shape index (κ1) is 7.33. The molecule has 0 heterocycles. The topological polar surface area (TPSA) is 0 Å². The van der Waals surface area contributed by atoms with Gasteiger partial charge in [0.1, 0.15) is 0 Å². The van der Waals surface area contributed by atoms with E-state index >= 15 is 0 Å². The van der Waals surface area contributed by atoms with Crippen LogP contribution in [0.3, 0.4) is 0 Å². The Bertz CT molecular complexity index is 159. The first-order valence-electron chi connectivity index (χ1n) is 3.82. The van der Waals surface area contributed by atoms with Gasteiger partial charge < -0.3 is 0 Å². The highest BCUT2D eigenvalue weighted by molar-refractivity contribution is 5.22. The van der Waals surface area contributed by atoms with Crippen molar-refractivity contribution in [3.8, 4) is 0 Å². The van der Waals surface area contributed by atoms with Gasteiger partial charge in [-0.15, -0.1) is 0 Å². The molecular weight excluding hydrogens is 120 g/mol. The molecule has 0 N–H and O–H groups in total. The second-order valence-electron chi connectivity index (χ2n) is 2.80. The summed E-state index contributed by atoms with van der Waals surface area (Å²) in [6.45, 7) is 7.59. The average Bonchev–Trinajstić information content (AvgIpc) is 1.79. The molecule has 0 saturated heterocycles. The molecule has 0 aromatic carbocycles. The van der Waals surface area contributed by atoms with Crippen LogP contribution in [-0.2, 0) is 0 Å². The Morgan fingerprint density at radius 1 is 1.40 bits per heavy atom. The summed E-state index contributed by atoms with van der Waals surface area (Å²) in [5, 5.41) is 0. The molecule has 1 rings (SSSR count). The molecule has 1 saturated carbocycles. The molecule has 0 aliphatic heterocycles. The molecule has 0 amide bonds. The minimum atomic E-state index is 0.774. The Morgan fingerprint density at radius 3 is 2.50 bits per heavy atom. The minimum Gasteiger partial charge on any atom is -0.0991 e. The average molecular weight is 134 g/mol. The second kappa shape index (κ2) is 3.40. The molecule has 54 valence electrons. The van der Waals surface area contributed by atoms with Crippen molar-refractivity contribution in [3.05, 3.63) is 37.0 Å². The van der Waals surface area contributed by atoms with Crippen LogP contribution < -0.4 is 0 Å². The van der Waals surface area contributed by atoms with Crippen LogP contribution in [0.15, 0.2) is 37.0 Å². The lowest BCUT2D eigenvalue weighted by Crippen LogP contribution is -2.11. The van der Waals surface area contributed by atoms with Crippen molar-refractivity contribution in [1.82, 2.24) is 0 Å². The SMILES string of the molecule is C=C/C=C\C(=C)C1CCC1. The summed E-state index contributed by atoms with van der Waals surface area (Å²) in [5.74, 6) is 0.774. The fourth-order valence-electron chi connectivity index (χ4n) is 1.11. The number of hydrogen-bond acceptors (Lipinski definition) is 0. The van der Waals surface area contributed by atoms with Crippen molar-refractivity contribution >= 4 is 0 Å². The Hall–Kier alpha value is -0.780. The van der Waals surface area contributed by atoms with Crippen LogP contribution in [0.5, 0.6) is 0 Å². The number of hydrogen-bond donors (Lipinski definition) is 0. The molecule has 0 bridgehead atoms. The summed E-state index contributed by atoms with van der Waals surface area (Å²) in [6, 6.07) is 0. The van der Waals surface area contributed by atoms with Crippen LogP contribution in [0, 0.1) is 5.92 Å². The van der Waals surface area contributed by atoms with Crippen molar-refractivity contribution in [3.63, 3.8) is 0 Å². The predicted octanol–water partition coefficient (Wildman–Crippen LogP) is 3.08. The van der Waals surface area contributed by atoms with E-state index in [9.17, 15) is 0 Å². The van der Waals surface area contributed by atoms with Crippen LogP contribution in [0.1, 0.15) is 19.3 Å². The highest BCUT2D eigenvalue weighted by atomic mass is 14.2.